The molecule has 100 valence electrons. The quantitative estimate of drug-likeness (QED) is 0.793. The van der Waals surface area contributed by atoms with E-state index < -0.39 is 18.8 Å². The summed E-state index contributed by atoms with van der Waals surface area (Å²) < 4.78 is 36.8. The zero-order chi connectivity index (χ0) is 13.3. The normalized spacial score (nSPS) is 18.4. The Morgan fingerprint density at radius 2 is 2.11 bits per heavy atom. The van der Waals surface area contributed by atoms with Crippen LogP contribution >= 0.6 is 0 Å². The molecule has 2 rings (SSSR count). The number of rotatable bonds is 2. The van der Waals surface area contributed by atoms with Crippen LogP contribution in [0.3, 0.4) is 0 Å². The van der Waals surface area contributed by atoms with Gasteiger partial charge in [-0.25, -0.2) is 0 Å². The van der Waals surface area contributed by atoms with E-state index in [-0.39, 0.29) is 0 Å². The number of fused-ring (bicyclic) bond motifs is 1. The first kappa shape index (κ1) is 13.2. The lowest BCUT2D eigenvalue weighted by molar-refractivity contribution is -0.208. The Morgan fingerprint density at radius 3 is 2.78 bits per heavy atom. The standard InChI is InChI=1S/C12H15F3N2O/c13-12(14,15)11(18)7-17-5-4-9-8(6-17)2-1-3-10(9)16/h1-3,11,18H,4-7,16H2. The first-order valence-corrected chi connectivity index (χ1v) is 5.71. The van der Waals surface area contributed by atoms with Crippen LogP contribution in [0.15, 0.2) is 18.2 Å². The second-order valence-electron chi connectivity index (χ2n) is 4.53. The topological polar surface area (TPSA) is 49.5 Å². The highest BCUT2D eigenvalue weighted by Gasteiger charge is 2.39. The molecule has 1 atom stereocenters. The van der Waals surface area contributed by atoms with Gasteiger partial charge in [0.05, 0.1) is 0 Å². The molecule has 0 aliphatic carbocycles. The van der Waals surface area contributed by atoms with Gasteiger partial charge >= 0.3 is 6.18 Å². The minimum absolute atomic E-state index is 0.391. The molecule has 0 fully saturated rings. The fourth-order valence-corrected chi connectivity index (χ4v) is 2.20. The van der Waals surface area contributed by atoms with Crippen molar-refractivity contribution in [2.24, 2.45) is 0 Å². The Hall–Kier alpha value is -1.27. The third kappa shape index (κ3) is 2.76. The lowest BCUT2D eigenvalue weighted by Gasteiger charge is -2.31. The third-order valence-corrected chi connectivity index (χ3v) is 3.19. The molecule has 18 heavy (non-hydrogen) atoms. The molecule has 0 spiro atoms. The minimum atomic E-state index is -4.56. The van der Waals surface area contributed by atoms with Crippen LogP contribution in [-0.2, 0) is 13.0 Å². The van der Waals surface area contributed by atoms with E-state index in [2.05, 4.69) is 0 Å². The van der Waals surface area contributed by atoms with Crippen LogP contribution in [0.2, 0.25) is 0 Å². The van der Waals surface area contributed by atoms with Crippen molar-refractivity contribution < 1.29 is 18.3 Å². The summed E-state index contributed by atoms with van der Waals surface area (Å²) in [4.78, 5) is 1.60. The molecular formula is C12H15F3N2O. The molecule has 0 radical (unpaired) electrons. The van der Waals surface area contributed by atoms with Gasteiger partial charge in [0.2, 0.25) is 0 Å². The predicted octanol–water partition coefficient (Wildman–Crippen LogP) is 1.55. The molecule has 1 aliphatic rings. The zero-order valence-electron chi connectivity index (χ0n) is 9.74. The van der Waals surface area contributed by atoms with Gasteiger partial charge in [-0.15, -0.1) is 0 Å². The summed E-state index contributed by atoms with van der Waals surface area (Å²) in [5.41, 5.74) is 8.44. The number of halogens is 3. The molecule has 3 N–H and O–H groups in total. The number of anilines is 1. The predicted molar refractivity (Wildman–Crippen MR) is 61.9 cm³/mol. The third-order valence-electron chi connectivity index (χ3n) is 3.19. The molecule has 6 heteroatoms. The van der Waals surface area contributed by atoms with Gasteiger partial charge in [-0.2, -0.15) is 13.2 Å². The fourth-order valence-electron chi connectivity index (χ4n) is 2.20. The highest BCUT2D eigenvalue weighted by atomic mass is 19.4. The molecule has 1 unspecified atom stereocenters. The van der Waals surface area contributed by atoms with Crippen LogP contribution < -0.4 is 5.73 Å². The van der Waals surface area contributed by atoms with Gasteiger partial charge in [0, 0.05) is 25.3 Å². The van der Waals surface area contributed by atoms with Gasteiger partial charge in [-0.3, -0.25) is 4.90 Å². The number of nitrogens with two attached hydrogens (primary N) is 1. The van der Waals surface area contributed by atoms with E-state index in [4.69, 9.17) is 10.8 Å². The Kier molecular flexibility index (Phi) is 3.49. The lowest BCUT2D eigenvalue weighted by Crippen LogP contribution is -2.43. The molecule has 0 amide bonds. The van der Waals surface area contributed by atoms with Crippen molar-refractivity contribution in [1.29, 1.82) is 0 Å². The maximum Gasteiger partial charge on any atom is 0.415 e. The molecule has 0 bridgehead atoms. The molecule has 0 saturated heterocycles. The van der Waals surface area contributed by atoms with Crippen molar-refractivity contribution >= 4 is 5.69 Å². The second kappa shape index (κ2) is 4.78. The largest absolute Gasteiger partial charge is 0.415 e. The van der Waals surface area contributed by atoms with Gasteiger partial charge in [0.15, 0.2) is 6.10 Å². The number of aliphatic hydroxyl groups is 1. The minimum Gasteiger partial charge on any atom is -0.398 e. The van der Waals surface area contributed by atoms with E-state index in [1.54, 1.807) is 17.0 Å². The van der Waals surface area contributed by atoms with Crippen LogP contribution in [-0.4, -0.2) is 35.4 Å². The Balaban J connectivity index is 2.05. The van der Waals surface area contributed by atoms with Crippen molar-refractivity contribution in [3.63, 3.8) is 0 Å². The van der Waals surface area contributed by atoms with Crippen molar-refractivity contribution in [2.75, 3.05) is 18.8 Å². The molecule has 3 nitrogen and oxygen atoms in total. The van der Waals surface area contributed by atoms with Gasteiger partial charge in [0.1, 0.15) is 0 Å². The summed E-state index contributed by atoms with van der Waals surface area (Å²) >= 11 is 0. The number of hydrogen-bond acceptors (Lipinski definition) is 3. The molecule has 1 aromatic rings. The van der Waals surface area contributed by atoms with E-state index in [0.29, 0.717) is 25.2 Å². The Labute approximate surface area is 103 Å². The number of nitrogen functional groups attached to an aromatic ring is 1. The highest BCUT2D eigenvalue weighted by Crippen LogP contribution is 2.26. The Bertz CT molecular complexity index is 434. The van der Waals surface area contributed by atoms with Crippen molar-refractivity contribution in [3.05, 3.63) is 29.3 Å². The van der Waals surface area contributed by atoms with Crippen LogP contribution in [0.5, 0.6) is 0 Å². The Morgan fingerprint density at radius 1 is 1.39 bits per heavy atom. The number of hydrogen-bond donors (Lipinski definition) is 2. The van der Waals surface area contributed by atoms with Gasteiger partial charge < -0.3 is 10.8 Å². The van der Waals surface area contributed by atoms with E-state index in [0.717, 1.165) is 11.1 Å². The summed E-state index contributed by atoms with van der Waals surface area (Å²) in [7, 11) is 0. The molecule has 1 aliphatic heterocycles. The zero-order valence-corrected chi connectivity index (χ0v) is 9.74. The van der Waals surface area contributed by atoms with Gasteiger partial charge in [-0.05, 0) is 23.6 Å². The molecule has 1 heterocycles. The molecule has 1 aromatic carbocycles. The number of aliphatic hydroxyl groups excluding tert-OH is 1. The van der Waals surface area contributed by atoms with Crippen LogP contribution in [0, 0.1) is 0 Å². The SMILES string of the molecule is Nc1cccc2c1CCN(CC(O)C(F)(F)F)C2. The number of alkyl halides is 3. The summed E-state index contributed by atoms with van der Waals surface area (Å²) in [6, 6.07) is 5.44. The van der Waals surface area contributed by atoms with Gasteiger partial charge in [0.25, 0.3) is 0 Å². The molecule has 0 aromatic heterocycles. The summed E-state index contributed by atoms with van der Waals surface area (Å²) in [6.45, 7) is 0.486. The average Bonchev–Trinajstić information content (AvgIpc) is 2.28. The smallest absolute Gasteiger partial charge is 0.398 e. The van der Waals surface area contributed by atoms with E-state index in [9.17, 15) is 13.2 Å². The highest BCUT2D eigenvalue weighted by molar-refractivity contribution is 5.51. The first-order valence-electron chi connectivity index (χ1n) is 5.71. The average molecular weight is 260 g/mol. The summed E-state index contributed by atoms with van der Waals surface area (Å²) in [5, 5.41) is 9.05. The summed E-state index contributed by atoms with van der Waals surface area (Å²) in [6.07, 6.45) is -6.23. The fraction of sp³-hybridized carbons (Fsp3) is 0.500. The van der Waals surface area contributed by atoms with Crippen molar-refractivity contribution in [3.8, 4) is 0 Å². The van der Waals surface area contributed by atoms with Gasteiger partial charge in [-0.1, -0.05) is 12.1 Å². The van der Waals surface area contributed by atoms with Crippen molar-refractivity contribution in [2.45, 2.75) is 25.2 Å². The van der Waals surface area contributed by atoms with E-state index in [1.807, 2.05) is 6.07 Å². The number of nitrogens with zero attached hydrogens (tertiary/aromatic N) is 1. The van der Waals surface area contributed by atoms with Crippen molar-refractivity contribution in [1.82, 2.24) is 4.90 Å². The van der Waals surface area contributed by atoms with Crippen LogP contribution in [0.1, 0.15) is 11.1 Å². The second-order valence-corrected chi connectivity index (χ2v) is 4.53. The maximum atomic E-state index is 12.3. The number of benzene rings is 1. The maximum absolute atomic E-state index is 12.3. The first-order chi connectivity index (χ1) is 8.38. The molecular weight excluding hydrogens is 245 g/mol. The lowest BCUT2D eigenvalue weighted by atomic mass is 9.98. The van der Waals surface area contributed by atoms with E-state index >= 15 is 0 Å². The summed E-state index contributed by atoms with van der Waals surface area (Å²) in [5.74, 6) is 0. The number of β-amino-alcohol motifs (C(OH)–C–C–N with tert-alkyl or cyclic N) is 1. The monoisotopic (exact) mass is 260 g/mol. The van der Waals surface area contributed by atoms with Crippen LogP contribution in [0.4, 0.5) is 18.9 Å². The van der Waals surface area contributed by atoms with Crippen LogP contribution in [0.25, 0.3) is 0 Å². The molecule has 0 saturated carbocycles. The van der Waals surface area contributed by atoms with E-state index in [1.165, 1.54) is 0 Å².